The SMILES string of the molecule is COCC(=O)NCCOCCOCCOCCN1CCN(S(=O)(=O)C(C)C)CC1. The van der Waals surface area contributed by atoms with Crippen LogP contribution in [0.4, 0.5) is 0 Å². The van der Waals surface area contributed by atoms with Gasteiger partial charge in [-0.05, 0) is 13.8 Å². The molecule has 29 heavy (non-hydrogen) atoms. The van der Waals surface area contributed by atoms with Crippen LogP contribution in [-0.2, 0) is 33.8 Å². The van der Waals surface area contributed by atoms with Crippen LogP contribution in [0.25, 0.3) is 0 Å². The lowest BCUT2D eigenvalue weighted by Gasteiger charge is -2.34. The largest absolute Gasteiger partial charge is 0.378 e. The predicted octanol–water partition coefficient (Wildman–Crippen LogP) is -0.845. The molecule has 0 aromatic heterocycles. The Hall–Kier alpha value is -0.820. The summed E-state index contributed by atoms with van der Waals surface area (Å²) in [4.78, 5) is 13.3. The maximum Gasteiger partial charge on any atom is 0.246 e. The molecule has 1 rings (SSSR count). The average Bonchev–Trinajstić information content (AvgIpc) is 2.69. The average molecular weight is 440 g/mol. The molecule has 0 saturated carbocycles. The third-order valence-electron chi connectivity index (χ3n) is 4.43. The number of rotatable bonds is 16. The van der Waals surface area contributed by atoms with Gasteiger partial charge in [-0.3, -0.25) is 9.69 Å². The smallest absolute Gasteiger partial charge is 0.246 e. The highest BCUT2D eigenvalue weighted by atomic mass is 32.2. The van der Waals surface area contributed by atoms with Gasteiger partial charge in [-0.2, -0.15) is 4.31 Å². The summed E-state index contributed by atoms with van der Waals surface area (Å²) in [5.74, 6) is -0.160. The van der Waals surface area contributed by atoms with E-state index in [1.54, 1.807) is 18.2 Å². The van der Waals surface area contributed by atoms with Crippen LogP contribution in [0.1, 0.15) is 13.8 Å². The first-order valence-electron chi connectivity index (χ1n) is 10.1. The number of piperazine rings is 1. The van der Waals surface area contributed by atoms with E-state index in [1.807, 2.05) is 0 Å². The fourth-order valence-corrected chi connectivity index (χ4v) is 3.95. The molecule has 0 spiro atoms. The van der Waals surface area contributed by atoms with Gasteiger partial charge in [0.2, 0.25) is 15.9 Å². The van der Waals surface area contributed by atoms with Crippen LogP contribution >= 0.6 is 0 Å². The molecule has 1 saturated heterocycles. The van der Waals surface area contributed by atoms with Crippen molar-refractivity contribution in [3.8, 4) is 0 Å². The van der Waals surface area contributed by atoms with E-state index in [0.29, 0.717) is 59.3 Å². The first kappa shape index (κ1) is 26.2. The van der Waals surface area contributed by atoms with Gasteiger partial charge in [0.05, 0.1) is 44.9 Å². The molecule has 0 bridgehead atoms. The number of carbonyl (C=O) groups is 1. The van der Waals surface area contributed by atoms with Gasteiger partial charge in [0.15, 0.2) is 0 Å². The van der Waals surface area contributed by atoms with E-state index >= 15 is 0 Å². The first-order chi connectivity index (χ1) is 13.9. The van der Waals surface area contributed by atoms with Gasteiger partial charge in [0, 0.05) is 46.4 Å². The summed E-state index contributed by atoms with van der Waals surface area (Å²) in [6.07, 6.45) is 0. The molecule has 0 radical (unpaired) electrons. The standard InChI is InChI=1S/C18H37N3O7S/c1-17(2)29(23,24)21-7-5-20(6-8-21)9-11-27-13-15-28-14-12-26-10-4-19-18(22)16-25-3/h17H,4-16H2,1-3H3,(H,19,22). The molecule has 172 valence electrons. The molecule has 0 atom stereocenters. The molecule has 0 unspecified atom stereocenters. The van der Waals surface area contributed by atoms with Crippen LogP contribution in [0.5, 0.6) is 0 Å². The Balaban J connectivity index is 1.89. The summed E-state index contributed by atoms with van der Waals surface area (Å²) >= 11 is 0. The fourth-order valence-electron chi connectivity index (χ4n) is 2.69. The van der Waals surface area contributed by atoms with Crippen molar-refractivity contribution in [3.05, 3.63) is 0 Å². The monoisotopic (exact) mass is 439 g/mol. The topological polar surface area (TPSA) is 107 Å². The Morgan fingerprint density at radius 2 is 1.48 bits per heavy atom. The number of nitrogens with zero attached hydrogens (tertiary/aromatic N) is 2. The summed E-state index contributed by atoms with van der Waals surface area (Å²) in [5, 5.41) is 2.29. The maximum absolute atomic E-state index is 12.1. The molecule has 0 aromatic rings. The number of sulfonamides is 1. The van der Waals surface area contributed by atoms with E-state index in [0.717, 1.165) is 19.6 Å². The number of amides is 1. The summed E-state index contributed by atoms with van der Waals surface area (Å²) in [6.45, 7) is 10.2. The predicted molar refractivity (Wildman–Crippen MR) is 109 cm³/mol. The Morgan fingerprint density at radius 1 is 0.931 bits per heavy atom. The van der Waals surface area contributed by atoms with E-state index in [9.17, 15) is 13.2 Å². The highest BCUT2D eigenvalue weighted by molar-refractivity contribution is 7.89. The van der Waals surface area contributed by atoms with Gasteiger partial charge in [0.25, 0.3) is 0 Å². The molecule has 0 aliphatic carbocycles. The van der Waals surface area contributed by atoms with E-state index < -0.39 is 10.0 Å². The number of hydrogen-bond acceptors (Lipinski definition) is 8. The van der Waals surface area contributed by atoms with E-state index in [4.69, 9.17) is 18.9 Å². The van der Waals surface area contributed by atoms with Gasteiger partial charge in [0.1, 0.15) is 6.61 Å². The molecule has 1 aliphatic rings. The Kier molecular flexibility index (Phi) is 13.6. The zero-order chi connectivity index (χ0) is 21.5. The molecule has 11 heteroatoms. The molecule has 1 N–H and O–H groups in total. The van der Waals surface area contributed by atoms with Crippen LogP contribution in [0, 0.1) is 0 Å². The minimum Gasteiger partial charge on any atom is -0.378 e. The van der Waals surface area contributed by atoms with Crippen molar-refractivity contribution in [1.29, 1.82) is 0 Å². The molecular weight excluding hydrogens is 402 g/mol. The quantitative estimate of drug-likeness (QED) is 0.310. The number of methoxy groups -OCH3 is 1. The van der Waals surface area contributed by atoms with Crippen molar-refractivity contribution < 1.29 is 32.2 Å². The number of ether oxygens (including phenoxy) is 4. The Morgan fingerprint density at radius 3 is 2.03 bits per heavy atom. The number of hydrogen-bond donors (Lipinski definition) is 1. The molecule has 1 amide bonds. The van der Waals surface area contributed by atoms with Gasteiger partial charge in [-0.1, -0.05) is 0 Å². The lowest BCUT2D eigenvalue weighted by molar-refractivity contribution is -0.125. The minimum atomic E-state index is -3.15. The van der Waals surface area contributed by atoms with Crippen molar-refractivity contribution in [2.24, 2.45) is 0 Å². The minimum absolute atomic E-state index is 0.0549. The van der Waals surface area contributed by atoms with Gasteiger partial charge in [-0.25, -0.2) is 8.42 Å². The van der Waals surface area contributed by atoms with E-state index in [2.05, 4.69) is 10.2 Å². The van der Waals surface area contributed by atoms with E-state index in [-0.39, 0.29) is 17.8 Å². The Labute approximate surface area is 174 Å². The molecule has 1 heterocycles. The second kappa shape index (κ2) is 15.1. The normalized spacial score (nSPS) is 16.4. The third-order valence-corrected chi connectivity index (χ3v) is 6.70. The number of carbonyl (C=O) groups excluding carboxylic acids is 1. The summed E-state index contributed by atoms with van der Waals surface area (Å²) in [5.41, 5.74) is 0. The lowest BCUT2D eigenvalue weighted by Crippen LogP contribution is -2.50. The number of nitrogens with one attached hydrogen (secondary N) is 1. The lowest BCUT2D eigenvalue weighted by atomic mass is 10.3. The van der Waals surface area contributed by atoms with E-state index in [1.165, 1.54) is 7.11 Å². The van der Waals surface area contributed by atoms with Crippen LogP contribution in [0.2, 0.25) is 0 Å². The van der Waals surface area contributed by atoms with Crippen molar-refractivity contribution in [2.75, 3.05) is 92.6 Å². The van der Waals surface area contributed by atoms with Gasteiger partial charge < -0.3 is 24.3 Å². The van der Waals surface area contributed by atoms with Crippen LogP contribution in [0.3, 0.4) is 0 Å². The highest BCUT2D eigenvalue weighted by Crippen LogP contribution is 2.12. The molecule has 10 nitrogen and oxygen atoms in total. The zero-order valence-corrected chi connectivity index (χ0v) is 18.7. The van der Waals surface area contributed by atoms with Crippen molar-refractivity contribution in [2.45, 2.75) is 19.1 Å². The van der Waals surface area contributed by atoms with Gasteiger partial charge >= 0.3 is 0 Å². The summed E-state index contributed by atoms with van der Waals surface area (Å²) in [7, 11) is -1.68. The molecule has 0 aromatic carbocycles. The third kappa shape index (κ3) is 11.2. The first-order valence-corrected chi connectivity index (χ1v) is 11.6. The highest BCUT2D eigenvalue weighted by Gasteiger charge is 2.28. The molecule has 1 aliphatic heterocycles. The second-order valence-electron chi connectivity index (χ2n) is 6.95. The van der Waals surface area contributed by atoms with Crippen LogP contribution in [0.15, 0.2) is 0 Å². The van der Waals surface area contributed by atoms with Crippen LogP contribution < -0.4 is 5.32 Å². The molecule has 1 fully saturated rings. The molecular formula is C18H37N3O7S. The van der Waals surface area contributed by atoms with Crippen molar-refractivity contribution in [3.63, 3.8) is 0 Å². The summed E-state index contributed by atoms with van der Waals surface area (Å²) in [6, 6.07) is 0. The zero-order valence-electron chi connectivity index (χ0n) is 17.9. The van der Waals surface area contributed by atoms with Gasteiger partial charge in [-0.15, -0.1) is 0 Å². The second-order valence-corrected chi connectivity index (χ2v) is 9.44. The fraction of sp³-hybridized carbons (Fsp3) is 0.944. The summed E-state index contributed by atoms with van der Waals surface area (Å²) < 4.78 is 46.9. The maximum atomic E-state index is 12.1. The Bertz CT molecular complexity index is 538. The van der Waals surface area contributed by atoms with Crippen molar-refractivity contribution in [1.82, 2.24) is 14.5 Å². The van der Waals surface area contributed by atoms with Crippen LogP contribution in [-0.4, -0.2) is 121 Å². The van der Waals surface area contributed by atoms with Crippen molar-refractivity contribution >= 4 is 15.9 Å².